The molecule has 0 saturated heterocycles. The minimum Gasteiger partial charge on any atom is -0.376 e. The van der Waals surface area contributed by atoms with E-state index in [0.717, 1.165) is 28.5 Å². The molecule has 25 heavy (non-hydrogen) atoms. The van der Waals surface area contributed by atoms with Crippen molar-refractivity contribution in [2.75, 3.05) is 24.3 Å². The van der Waals surface area contributed by atoms with Gasteiger partial charge in [0.1, 0.15) is 5.76 Å². The zero-order valence-corrected chi connectivity index (χ0v) is 15.1. The van der Waals surface area contributed by atoms with Crippen molar-refractivity contribution in [1.82, 2.24) is 9.72 Å². The van der Waals surface area contributed by atoms with Gasteiger partial charge in [-0.2, -0.15) is 0 Å². The van der Waals surface area contributed by atoms with Crippen molar-refractivity contribution < 1.29 is 9.32 Å². The van der Waals surface area contributed by atoms with Crippen LogP contribution in [0.5, 0.6) is 0 Å². The standard InChI is InChI=1S/C19H22N4O2/c1-12-10-15(14(3)23(12)18-11-13(2)25-21-18)19(24)20-16-8-6-7-9-17(16)22(4)5/h6-11H,1-5H3,(H,20,24). The Morgan fingerprint density at radius 2 is 1.88 bits per heavy atom. The number of anilines is 2. The molecule has 0 saturated carbocycles. The number of amides is 1. The number of nitrogens with zero attached hydrogens (tertiary/aromatic N) is 3. The molecule has 1 aromatic carbocycles. The fraction of sp³-hybridized carbons (Fsp3) is 0.263. The highest BCUT2D eigenvalue weighted by Crippen LogP contribution is 2.26. The molecule has 6 nitrogen and oxygen atoms in total. The van der Waals surface area contributed by atoms with Crippen molar-refractivity contribution in [2.45, 2.75) is 20.8 Å². The van der Waals surface area contributed by atoms with Crippen LogP contribution in [-0.4, -0.2) is 29.7 Å². The third-order valence-corrected chi connectivity index (χ3v) is 4.15. The largest absolute Gasteiger partial charge is 0.376 e. The SMILES string of the molecule is Cc1cc(-n2c(C)cc(C(=O)Nc3ccccc3N(C)C)c2C)no1. The van der Waals surface area contributed by atoms with E-state index in [-0.39, 0.29) is 5.91 Å². The van der Waals surface area contributed by atoms with E-state index in [4.69, 9.17) is 4.52 Å². The van der Waals surface area contributed by atoms with Crippen LogP contribution in [0.25, 0.3) is 5.82 Å². The Morgan fingerprint density at radius 1 is 1.16 bits per heavy atom. The molecule has 0 aliphatic rings. The normalized spacial score (nSPS) is 10.8. The third-order valence-electron chi connectivity index (χ3n) is 4.15. The summed E-state index contributed by atoms with van der Waals surface area (Å²) in [6.45, 7) is 5.70. The van der Waals surface area contributed by atoms with Gasteiger partial charge in [-0.1, -0.05) is 17.3 Å². The number of nitrogens with one attached hydrogen (secondary N) is 1. The van der Waals surface area contributed by atoms with Gasteiger partial charge in [0.2, 0.25) is 0 Å². The summed E-state index contributed by atoms with van der Waals surface area (Å²) >= 11 is 0. The number of hydrogen-bond acceptors (Lipinski definition) is 4. The molecule has 0 unspecified atom stereocenters. The van der Waals surface area contributed by atoms with Gasteiger partial charge >= 0.3 is 0 Å². The molecule has 3 rings (SSSR count). The Labute approximate surface area is 147 Å². The van der Waals surface area contributed by atoms with Crippen molar-refractivity contribution in [2.24, 2.45) is 0 Å². The molecule has 0 atom stereocenters. The lowest BCUT2D eigenvalue weighted by Gasteiger charge is -2.17. The molecule has 0 fully saturated rings. The van der Waals surface area contributed by atoms with Crippen LogP contribution in [0.4, 0.5) is 11.4 Å². The number of carbonyl (C=O) groups excluding carboxylic acids is 1. The fourth-order valence-electron chi connectivity index (χ4n) is 2.96. The minimum absolute atomic E-state index is 0.145. The van der Waals surface area contributed by atoms with E-state index in [2.05, 4.69) is 10.5 Å². The summed E-state index contributed by atoms with van der Waals surface area (Å²) in [6.07, 6.45) is 0. The average molecular weight is 338 g/mol. The van der Waals surface area contributed by atoms with Crippen molar-refractivity contribution >= 4 is 17.3 Å². The Balaban J connectivity index is 1.94. The maximum absolute atomic E-state index is 12.8. The molecular weight excluding hydrogens is 316 g/mol. The van der Waals surface area contributed by atoms with Crippen LogP contribution in [0.2, 0.25) is 0 Å². The fourth-order valence-corrected chi connectivity index (χ4v) is 2.96. The summed E-state index contributed by atoms with van der Waals surface area (Å²) < 4.78 is 7.08. The van der Waals surface area contributed by atoms with Gasteiger partial charge in [0.25, 0.3) is 5.91 Å². The molecule has 2 heterocycles. The minimum atomic E-state index is -0.145. The van der Waals surface area contributed by atoms with E-state index in [1.807, 2.05) is 80.7 Å². The number of carbonyl (C=O) groups is 1. The van der Waals surface area contributed by atoms with Gasteiger partial charge in [0.05, 0.1) is 16.9 Å². The molecule has 0 aliphatic carbocycles. The van der Waals surface area contributed by atoms with E-state index in [1.54, 1.807) is 0 Å². The summed E-state index contributed by atoms with van der Waals surface area (Å²) in [5.41, 5.74) is 4.10. The number of para-hydroxylation sites is 2. The topological polar surface area (TPSA) is 63.3 Å². The van der Waals surface area contributed by atoms with Crippen molar-refractivity contribution in [3.8, 4) is 5.82 Å². The Hall–Kier alpha value is -3.02. The molecular formula is C19H22N4O2. The Kier molecular flexibility index (Phi) is 4.35. The van der Waals surface area contributed by atoms with E-state index in [1.165, 1.54) is 0 Å². The second kappa shape index (κ2) is 6.47. The average Bonchev–Trinajstić information content (AvgIpc) is 3.10. The Morgan fingerprint density at radius 3 is 2.52 bits per heavy atom. The summed E-state index contributed by atoms with van der Waals surface area (Å²) in [5, 5.41) is 7.06. The highest BCUT2D eigenvalue weighted by Gasteiger charge is 2.19. The van der Waals surface area contributed by atoms with Crippen LogP contribution in [0.15, 0.2) is 40.9 Å². The molecule has 6 heteroatoms. The predicted octanol–water partition coefficient (Wildman–Crippen LogP) is 3.71. The third kappa shape index (κ3) is 3.15. The van der Waals surface area contributed by atoms with E-state index < -0.39 is 0 Å². The number of rotatable bonds is 4. The number of aryl methyl sites for hydroxylation is 2. The van der Waals surface area contributed by atoms with Crippen LogP contribution in [0.1, 0.15) is 27.5 Å². The first-order chi connectivity index (χ1) is 11.9. The molecule has 1 amide bonds. The Bertz CT molecular complexity index is 921. The monoisotopic (exact) mass is 338 g/mol. The molecule has 0 radical (unpaired) electrons. The highest BCUT2D eigenvalue weighted by molar-refractivity contribution is 6.07. The maximum atomic E-state index is 12.8. The molecule has 130 valence electrons. The summed E-state index contributed by atoms with van der Waals surface area (Å²) in [7, 11) is 3.90. The van der Waals surface area contributed by atoms with Crippen molar-refractivity contribution in [3.05, 3.63) is 59.1 Å². The van der Waals surface area contributed by atoms with E-state index >= 15 is 0 Å². The quantitative estimate of drug-likeness (QED) is 0.788. The molecule has 0 aliphatic heterocycles. The molecule has 1 N–H and O–H groups in total. The van der Waals surface area contributed by atoms with Gasteiger partial charge < -0.3 is 14.7 Å². The van der Waals surface area contributed by atoms with Gasteiger partial charge in [-0.05, 0) is 39.0 Å². The second-order valence-electron chi connectivity index (χ2n) is 6.28. The second-order valence-corrected chi connectivity index (χ2v) is 6.28. The number of hydrogen-bond donors (Lipinski definition) is 1. The number of benzene rings is 1. The first-order valence-electron chi connectivity index (χ1n) is 8.09. The smallest absolute Gasteiger partial charge is 0.257 e. The molecule has 3 aromatic rings. The van der Waals surface area contributed by atoms with Crippen molar-refractivity contribution in [3.63, 3.8) is 0 Å². The van der Waals surface area contributed by atoms with Crippen LogP contribution < -0.4 is 10.2 Å². The lowest BCUT2D eigenvalue weighted by molar-refractivity contribution is 0.102. The predicted molar refractivity (Wildman–Crippen MR) is 98.8 cm³/mol. The van der Waals surface area contributed by atoms with E-state index in [9.17, 15) is 4.79 Å². The zero-order chi connectivity index (χ0) is 18.1. The molecule has 0 spiro atoms. The van der Waals surface area contributed by atoms with Crippen LogP contribution in [-0.2, 0) is 0 Å². The van der Waals surface area contributed by atoms with E-state index in [0.29, 0.717) is 11.4 Å². The molecule has 0 bridgehead atoms. The first kappa shape index (κ1) is 16.8. The maximum Gasteiger partial charge on any atom is 0.257 e. The highest BCUT2D eigenvalue weighted by atomic mass is 16.5. The summed E-state index contributed by atoms with van der Waals surface area (Å²) in [4.78, 5) is 14.8. The van der Waals surface area contributed by atoms with Gasteiger partial charge in [-0.15, -0.1) is 0 Å². The van der Waals surface area contributed by atoms with Gasteiger partial charge in [-0.3, -0.25) is 9.36 Å². The van der Waals surface area contributed by atoms with Crippen LogP contribution in [0, 0.1) is 20.8 Å². The number of aromatic nitrogens is 2. The van der Waals surface area contributed by atoms with Gasteiger partial charge in [-0.25, -0.2) is 0 Å². The molecule has 2 aromatic heterocycles. The van der Waals surface area contributed by atoms with Crippen LogP contribution >= 0.6 is 0 Å². The first-order valence-corrected chi connectivity index (χ1v) is 8.09. The lowest BCUT2D eigenvalue weighted by Crippen LogP contribution is -2.17. The van der Waals surface area contributed by atoms with Crippen LogP contribution in [0.3, 0.4) is 0 Å². The summed E-state index contributed by atoms with van der Waals surface area (Å²) in [6, 6.07) is 11.4. The van der Waals surface area contributed by atoms with Gasteiger partial charge in [0, 0.05) is 31.5 Å². The van der Waals surface area contributed by atoms with Gasteiger partial charge in [0.15, 0.2) is 5.82 Å². The summed E-state index contributed by atoms with van der Waals surface area (Å²) in [5.74, 6) is 1.27. The van der Waals surface area contributed by atoms with Crippen molar-refractivity contribution in [1.29, 1.82) is 0 Å². The zero-order valence-electron chi connectivity index (χ0n) is 15.1. The lowest BCUT2D eigenvalue weighted by atomic mass is 10.2.